The summed E-state index contributed by atoms with van der Waals surface area (Å²) in [7, 11) is -8.44. The van der Waals surface area contributed by atoms with Gasteiger partial charge >= 0.3 is 7.82 Å². The third kappa shape index (κ3) is 3.98. The van der Waals surface area contributed by atoms with Crippen LogP contribution in [0.25, 0.3) is 0 Å². The number of rotatable bonds is 3. The summed E-state index contributed by atoms with van der Waals surface area (Å²) < 4.78 is 36.2. The van der Waals surface area contributed by atoms with E-state index in [1.165, 1.54) is 0 Å². The van der Waals surface area contributed by atoms with Crippen LogP contribution in [0.15, 0.2) is 29.2 Å². The average Bonchev–Trinajstić information content (AvgIpc) is 2.00. The Morgan fingerprint density at radius 2 is 1.67 bits per heavy atom. The summed E-state index contributed by atoms with van der Waals surface area (Å²) >= 11 is 0. The molecule has 0 aliphatic rings. The molecule has 15 heavy (non-hydrogen) atoms. The first-order valence-corrected chi connectivity index (χ1v) is 6.64. The first kappa shape index (κ1) is 12.2. The summed E-state index contributed by atoms with van der Waals surface area (Å²) in [6, 6.07) is 4.36. The van der Waals surface area contributed by atoms with Gasteiger partial charge in [-0.2, -0.15) is 0 Å². The Kier molecular flexibility index (Phi) is 3.17. The van der Waals surface area contributed by atoms with Crippen LogP contribution in [0.4, 0.5) is 0 Å². The van der Waals surface area contributed by atoms with Crippen molar-refractivity contribution in [2.24, 2.45) is 5.14 Å². The summed E-state index contributed by atoms with van der Waals surface area (Å²) in [5.74, 6) is -0.143. The lowest BCUT2D eigenvalue weighted by molar-refractivity contribution is 0.283. The van der Waals surface area contributed by atoms with Crippen molar-refractivity contribution in [3.63, 3.8) is 0 Å². The fourth-order valence-corrected chi connectivity index (χ4v) is 1.74. The number of hydrogen-bond donors (Lipinski definition) is 3. The number of hydrogen-bond acceptors (Lipinski definition) is 4. The number of primary sulfonamides is 1. The summed E-state index contributed by atoms with van der Waals surface area (Å²) in [5, 5.41) is 4.81. The molecule has 9 heteroatoms. The highest BCUT2D eigenvalue weighted by Gasteiger charge is 2.16. The topological polar surface area (TPSA) is 127 Å². The molecule has 1 aromatic rings. The van der Waals surface area contributed by atoms with E-state index in [4.69, 9.17) is 14.9 Å². The van der Waals surface area contributed by atoms with Crippen molar-refractivity contribution in [2.45, 2.75) is 4.90 Å². The summed E-state index contributed by atoms with van der Waals surface area (Å²) in [4.78, 5) is 16.7. The lowest BCUT2D eigenvalue weighted by Gasteiger charge is -2.06. The smallest absolute Gasteiger partial charge is 0.404 e. The lowest BCUT2D eigenvalue weighted by Crippen LogP contribution is -2.11. The Morgan fingerprint density at radius 1 is 1.20 bits per heavy atom. The van der Waals surface area contributed by atoms with Gasteiger partial charge in [-0.25, -0.2) is 18.1 Å². The molecule has 84 valence electrons. The fraction of sp³-hybridized carbons (Fsp3) is 0. The second-order valence-electron chi connectivity index (χ2n) is 2.60. The molecule has 1 aromatic carbocycles. The maximum absolute atomic E-state index is 10.8. The minimum atomic E-state index is -4.62. The van der Waals surface area contributed by atoms with Crippen LogP contribution in [0.2, 0.25) is 0 Å². The van der Waals surface area contributed by atoms with Crippen LogP contribution in [0.3, 0.4) is 0 Å². The first-order chi connectivity index (χ1) is 6.68. The van der Waals surface area contributed by atoms with E-state index in [-0.39, 0.29) is 10.6 Å². The maximum Gasteiger partial charge on any atom is 0.524 e. The van der Waals surface area contributed by atoms with Gasteiger partial charge in [0.2, 0.25) is 10.0 Å². The zero-order valence-corrected chi connectivity index (χ0v) is 8.98. The number of benzene rings is 1. The van der Waals surface area contributed by atoms with Crippen LogP contribution < -0.4 is 9.66 Å². The molecule has 0 amide bonds. The predicted molar refractivity (Wildman–Crippen MR) is 50.5 cm³/mol. The second kappa shape index (κ2) is 3.92. The Morgan fingerprint density at radius 3 is 2.00 bits per heavy atom. The van der Waals surface area contributed by atoms with Crippen LogP contribution in [0, 0.1) is 0 Å². The Bertz CT molecular complexity index is 489. The molecule has 0 atom stereocenters. The van der Waals surface area contributed by atoms with Gasteiger partial charge in [0.25, 0.3) is 0 Å². The van der Waals surface area contributed by atoms with Gasteiger partial charge in [-0.05, 0) is 24.3 Å². The van der Waals surface area contributed by atoms with Gasteiger partial charge in [-0.1, -0.05) is 0 Å². The SMILES string of the molecule is NS(=O)(=O)c1ccc(OP(=O)(O)O)cc1. The molecular weight excluding hydrogens is 245 g/mol. The molecule has 0 aromatic heterocycles. The van der Waals surface area contributed by atoms with Gasteiger partial charge in [0.1, 0.15) is 5.75 Å². The van der Waals surface area contributed by atoms with Crippen LogP contribution in [0.5, 0.6) is 5.75 Å². The van der Waals surface area contributed by atoms with Gasteiger partial charge in [0.15, 0.2) is 0 Å². The van der Waals surface area contributed by atoms with Crippen molar-refractivity contribution < 1.29 is 27.3 Å². The molecule has 0 aliphatic carbocycles. The molecule has 0 saturated heterocycles. The van der Waals surface area contributed by atoms with Crippen LogP contribution in [-0.2, 0) is 14.6 Å². The molecule has 0 aliphatic heterocycles. The third-order valence-corrected chi connectivity index (χ3v) is 2.75. The highest BCUT2D eigenvalue weighted by atomic mass is 32.2. The van der Waals surface area contributed by atoms with E-state index in [9.17, 15) is 13.0 Å². The standard InChI is InChI=1S/C6H8NO6PS/c7-15(11,12)6-3-1-5(2-4-6)13-14(8,9)10/h1-4H,(H2,7,11,12)(H2,8,9,10). The average molecular weight is 253 g/mol. The van der Waals surface area contributed by atoms with Crippen LogP contribution >= 0.6 is 7.82 Å². The van der Waals surface area contributed by atoms with Crippen LogP contribution in [0.1, 0.15) is 0 Å². The van der Waals surface area contributed by atoms with E-state index in [0.717, 1.165) is 24.3 Å². The molecule has 0 heterocycles. The van der Waals surface area contributed by atoms with Crippen molar-refractivity contribution in [2.75, 3.05) is 0 Å². The zero-order valence-electron chi connectivity index (χ0n) is 7.27. The van der Waals surface area contributed by atoms with Gasteiger partial charge in [-0.3, -0.25) is 9.79 Å². The molecule has 0 spiro atoms. The van der Waals surface area contributed by atoms with Crippen molar-refractivity contribution >= 4 is 17.8 Å². The largest absolute Gasteiger partial charge is 0.524 e. The van der Waals surface area contributed by atoms with Gasteiger partial charge in [-0.15, -0.1) is 0 Å². The Balaban J connectivity index is 2.97. The quantitative estimate of drug-likeness (QED) is 0.640. The first-order valence-electron chi connectivity index (χ1n) is 3.56. The van der Waals surface area contributed by atoms with E-state index in [1.54, 1.807) is 0 Å². The number of nitrogens with two attached hydrogens (primary N) is 1. The summed E-state index contributed by atoms with van der Waals surface area (Å²) in [6.07, 6.45) is 0. The monoisotopic (exact) mass is 253 g/mol. The number of phosphoric acid groups is 1. The molecule has 0 bridgehead atoms. The molecule has 0 radical (unpaired) electrons. The van der Waals surface area contributed by atoms with Crippen molar-refractivity contribution in [3.8, 4) is 5.75 Å². The molecule has 4 N–H and O–H groups in total. The second-order valence-corrected chi connectivity index (χ2v) is 5.32. The van der Waals surface area contributed by atoms with Gasteiger partial charge in [0.05, 0.1) is 4.90 Å². The van der Waals surface area contributed by atoms with E-state index < -0.39 is 17.8 Å². The zero-order chi connectivity index (χ0) is 11.7. The van der Waals surface area contributed by atoms with E-state index in [2.05, 4.69) is 4.52 Å². The Hall–Kier alpha value is -0.920. The molecular formula is C6H8NO6PS. The van der Waals surface area contributed by atoms with Gasteiger partial charge < -0.3 is 4.52 Å². The number of sulfonamides is 1. The maximum atomic E-state index is 10.8. The lowest BCUT2D eigenvalue weighted by atomic mass is 10.3. The minimum absolute atomic E-state index is 0.143. The van der Waals surface area contributed by atoms with E-state index >= 15 is 0 Å². The molecule has 0 unspecified atom stereocenters. The highest BCUT2D eigenvalue weighted by Crippen LogP contribution is 2.37. The third-order valence-electron chi connectivity index (χ3n) is 1.38. The Labute approximate surface area is 85.8 Å². The van der Waals surface area contributed by atoms with Crippen molar-refractivity contribution in [3.05, 3.63) is 24.3 Å². The predicted octanol–water partition coefficient (Wildman–Crippen LogP) is -0.194. The fourth-order valence-electron chi connectivity index (χ4n) is 0.827. The molecule has 0 saturated carbocycles. The minimum Gasteiger partial charge on any atom is -0.404 e. The summed E-state index contributed by atoms with van der Waals surface area (Å²) in [5.41, 5.74) is 0. The summed E-state index contributed by atoms with van der Waals surface area (Å²) in [6.45, 7) is 0. The van der Waals surface area contributed by atoms with Crippen molar-refractivity contribution in [1.82, 2.24) is 0 Å². The van der Waals surface area contributed by atoms with E-state index in [0.29, 0.717) is 0 Å². The highest BCUT2D eigenvalue weighted by molar-refractivity contribution is 7.89. The molecule has 1 rings (SSSR count). The molecule has 0 fully saturated rings. The van der Waals surface area contributed by atoms with Crippen molar-refractivity contribution in [1.29, 1.82) is 0 Å². The van der Waals surface area contributed by atoms with Gasteiger partial charge in [0, 0.05) is 0 Å². The van der Waals surface area contributed by atoms with E-state index in [1.807, 2.05) is 0 Å². The molecule has 7 nitrogen and oxygen atoms in total. The van der Waals surface area contributed by atoms with Crippen LogP contribution in [-0.4, -0.2) is 18.2 Å². The number of phosphoric ester groups is 1. The normalized spacial score (nSPS) is 12.5.